The minimum atomic E-state index is -0.777. The van der Waals surface area contributed by atoms with E-state index in [2.05, 4.69) is 17.3 Å². The summed E-state index contributed by atoms with van der Waals surface area (Å²) in [5.41, 5.74) is 2.39. The van der Waals surface area contributed by atoms with Crippen LogP contribution in [0.4, 0.5) is 0 Å². The fourth-order valence-electron chi connectivity index (χ4n) is 3.43. The Kier molecular flexibility index (Phi) is 5.16. The molecule has 0 aliphatic heterocycles. The van der Waals surface area contributed by atoms with E-state index in [1.807, 2.05) is 35.0 Å². The predicted octanol–water partition coefficient (Wildman–Crippen LogP) is 2.81. The van der Waals surface area contributed by atoms with Crippen molar-refractivity contribution in [2.75, 3.05) is 0 Å². The lowest BCUT2D eigenvalue weighted by atomic mass is 10.1. The number of carbonyl (C=O) groups excluding carboxylic acids is 1. The highest BCUT2D eigenvalue weighted by Gasteiger charge is 2.31. The van der Waals surface area contributed by atoms with Crippen molar-refractivity contribution < 1.29 is 14.7 Å². The van der Waals surface area contributed by atoms with Crippen molar-refractivity contribution >= 4 is 11.9 Å². The van der Waals surface area contributed by atoms with E-state index in [0.29, 0.717) is 24.8 Å². The molecule has 2 aromatic rings. The zero-order chi connectivity index (χ0) is 17.8. The molecule has 0 saturated heterocycles. The topological polar surface area (TPSA) is 84.2 Å². The maximum absolute atomic E-state index is 12.7. The largest absolute Gasteiger partial charge is 0.481 e. The van der Waals surface area contributed by atoms with Crippen molar-refractivity contribution in [2.24, 2.45) is 5.92 Å². The fraction of sp³-hybridized carbons (Fsp3) is 0.421. The van der Waals surface area contributed by atoms with Crippen molar-refractivity contribution in [3.05, 3.63) is 47.8 Å². The third kappa shape index (κ3) is 3.73. The summed E-state index contributed by atoms with van der Waals surface area (Å²) in [5.74, 6) is -1.30. The van der Waals surface area contributed by atoms with Gasteiger partial charge in [0.25, 0.3) is 5.91 Å². The van der Waals surface area contributed by atoms with E-state index >= 15 is 0 Å². The van der Waals surface area contributed by atoms with Gasteiger partial charge in [0, 0.05) is 6.04 Å². The third-order valence-electron chi connectivity index (χ3n) is 4.72. The van der Waals surface area contributed by atoms with Crippen LogP contribution in [-0.2, 0) is 11.2 Å². The quantitative estimate of drug-likeness (QED) is 0.846. The van der Waals surface area contributed by atoms with Crippen molar-refractivity contribution in [1.82, 2.24) is 15.1 Å². The molecule has 0 unspecified atom stereocenters. The molecule has 0 bridgehead atoms. The number of carbonyl (C=O) groups is 2. The molecule has 1 fully saturated rings. The Hall–Kier alpha value is -2.63. The van der Waals surface area contributed by atoms with Crippen LogP contribution < -0.4 is 5.32 Å². The Morgan fingerprint density at radius 2 is 2.04 bits per heavy atom. The van der Waals surface area contributed by atoms with Crippen LogP contribution in [-0.4, -0.2) is 32.8 Å². The SMILES string of the molecule is CCCc1c(C(=O)N[C@H]2CC[C@@H](C(=O)O)C2)cnn1-c1ccccc1. The first-order chi connectivity index (χ1) is 12.1. The molecule has 1 amide bonds. The maximum Gasteiger partial charge on any atom is 0.306 e. The molecule has 1 aliphatic rings. The average Bonchev–Trinajstić information content (AvgIpc) is 3.23. The lowest BCUT2D eigenvalue weighted by molar-refractivity contribution is -0.141. The summed E-state index contributed by atoms with van der Waals surface area (Å²) in [6, 6.07) is 9.67. The summed E-state index contributed by atoms with van der Waals surface area (Å²) < 4.78 is 1.81. The third-order valence-corrected chi connectivity index (χ3v) is 4.72. The number of carboxylic acids is 1. The smallest absolute Gasteiger partial charge is 0.306 e. The predicted molar refractivity (Wildman–Crippen MR) is 93.8 cm³/mol. The summed E-state index contributed by atoms with van der Waals surface area (Å²) in [4.78, 5) is 23.8. The van der Waals surface area contributed by atoms with Crippen LogP contribution in [0.2, 0.25) is 0 Å². The minimum absolute atomic E-state index is 0.0804. The zero-order valence-corrected chi connectivity index (χ0v) is 14.3. The van der Waals surface area contributed by atoms with Crippen LogP contribution in [0, 0.1) is 5.92 Å². The molecule has 1 aromatic heterocycles. The lowest BCUT2D eigenvalue weighted by Crippen LogP contribution is -2.33. The van der Waals surface area contributed by atoms with Crippen LogP contribution in [0.3, 0.4) is 0 Å². The number of aliphatic carboxylic acids is 1. The van der Waals surface area contributed by atoms with Crippen molar-refractivity contribution in [2.45, 2.75) is 45.1 Å². The van der Waals surface area contributed by atoms with Gasteiger partial charge in [0.2, 0.25) is 0 Å². The summed E-state index contributed by atoms with van der Waals surface area (Å²) in [5, 5.41) is 16.5. The number of carboxylic acid groups (broad SMARTS) is 1. The highest BCUT2D eigenvalue weighted by atomic mass is 16.4. The first kappa shape index (κ1) is 17.2. The number of nitrogens with zero attached hydrogens (tertiary/aromatic N) is 2. The number of hydrogen-bond acceptors (Lipinski definition) is 3. The van der Waals surface area contributed by atoms with Gasteiger partial charge in [-0.05, 0) is 37.8 Å². The first-order valence-corrected chi connectivity index (χ1v) is 8.76. The second-order valence-corrected chi connectivity index (χ2v) is 6.52. The van der Waals surface area contributed by atoms with Crippen LogP contribution >= 0.6 is 0 Å². The highest BCUT2D eigenvalue weighted by molar-refractivity contribution is 5.95. The fourth-order valence-corrected chi connectivity index (χ4v) is 3.43. The second kappa shape index (κ2) is 7.51. The van der Waals surface area contributed by atoms with E-state index in [-0.39, 0.29) is 17.9 Å². The Labute approximate surface area is 146 Å². The first-order valence-electron chi connectivity index (χ1n) is 8.76. The van der Waals surface area contributed by atoms with E-state index in [1.165, 1.54) is 0 Å². The number of nitrogens with one attached hydrogen (secondary N) is 1. The number of benzene rings is 1. The molecule has 0 radical (unpaired) electrons. The molecule has 2 atom stereocenters. The molecule has 1 heterocycles. The van der Waals surface area contributed by atoms with E-state index in [9.17, 15) is 9.59 Å². The van der Waals surface area contributed by atoms with Crippen molar-refractivity contribution in [3.63, 3.8) is 0 Å². The Morgan fingerprint density at radius 1 is 1.28 bits per heavy atom. The molecule has 132 valence electrons. The Bertz CT molecular complexity index is 755. The number of para-hydroxylation sites is 1. The minimum Gasteiger partial charge on any atom is -0.481 e. The summed E-state index contributed by atoms with van der Waals surface area (Å²) in [7, 11) is 0. The lowest BCUT2D eigenvalue weighted by Gasteiger charge is -2.13. The van der Waals surface area contributed by atoms with Gasteiger partial charge < -0.3 is 10.4 Å². The number of rotatable bonds is 6. The monoisotopic (exact) mass is 341 g/mol. The number of hydrogen-bond donors (Lipinski definition) is 2. The number of aromatic nitrogens is 2. The molecular formula is C19H23N3O3. The summed E-state index contributed by atoms with van der Waals surface area (Å²) in [6.45, 7) is 2.07. The molecule has 6 nitrogen and oxygen atoms in total. The number of amides is 1. The molecular weight excluding hydrogens is 318 g/mol. The highest BCUT2D eigenvalue weighted by Crippen LogP contribution is 2.26. The van der Waals surface area contributed by atoms with E-state index in [1.54, 1.807) is 6.20 Å². The summed E-state index contributed by atoms with van der Waals surface area (Å²) >= 11 is 0. The summed E-state index contributed by atoms with van der Waals surface area (Å²) in [6.07, 6.45) is 5.08. The standard InChI is InChI=1S/C19H23N3O3/c1-2-6-17-16(12-20-22(17)15-7-4-3-5-8-15)18(23)21-14-10-9-13(11-14)19(24)25/h3-5,7-8,12-14H,2,6,9-11H2,1H3,(H,21,23)(H,24,25)/t13-,14+/m1/s1. The van der Waals surface area contributed by atoms with E-state index in [4.69, 9.17) is 5.11 Å². The van der Waals surface area contributed by atoms with Gasteiger partial charge in [-0.25, -0.2) is 4.68 Å². The van der Waals surface area contributed by atoms with Gasteiger partial charge in [-0.15, -0.1) is 0 Å². The molecule has 6 heteroatoms. The normalized spacial score (nSPS) is 19.7. The van der Waals surface area contributed by atoms with Crippen LogP contribution in [0.15, 0.2) is 36.5 Å². The maximum atomic E-state index is 12.7. The average molecular weight is 341 g/mol. The Morgan fingerprint density at radius 3 is 2.68 bits per heavy atom. The Balaban J connectivity index is 1.79. The zero-order valence-electron chi connectivity index (χ0n) is 14.3. The van der Waals surface area contributed by atoms with Crippen molar-refractivity contribution in [3.8, 4) is 5.69 Å². The van der Waals surface area contributed by atoms with Crippen LogP contribution in [0.1, 0.15) is 48.7 Å². The van der Waals surface area contributed by atoms with Gasteiger partial charge >= 0.3 is 5.97 Å². The van der Waals surface area contributed by atoms with Crippen LogP contribution in [0.25, 0.3) is 5.69 Å². The van der Waals surface area contributed by atoms with Gasteiger partial charge in [-0.2, -0.15) is 5.10 Å². The van der Waals surface area contributed by atoms with Gasteiger partial charge in [-0.1, -0.05) is 31.5 Å². The van der Waals surface area contributed by atoms with Gasteiger partial charge in [-0.3, -0.25) is 9.59 Å². The second-order valence-electron chi connectivity index (χ2n) is 6.52. The molecule has 0 spiro atoms. The molecule has 1 saturated carbocycles. The molecule has 1 aliphatic carbocycles. The molecule has 1 aromatic carbocycles. The van der Waals surface area contributed by atoms with Crippen molar-refractivity contribution in [1.29, 1.82) is 0 Å². The molecule has 25 heavy (non-hydrogen) atoms. The van der Waals surface area contributed by atoms with Gasteiger partial charge in [0.15, 0.2) is 0 Å². The van der Waals surface area contributed by atoms with E-state index < -0.39 is 5.97 Å². The van der Waals surface area contributed by atoms with Gasteiger partial charge in [0.1, 0.15) is 0 Å². The van der Waals surface area contributed by atoms with Crippen LogP contribution in [0.5, 0.6) is 0 Å². The molecule has 3 rings (SSSR count). The van der Waals surface area contributed by atoms with E-state index in [0.717, 1.165) is 24.2 Å². The van der Waals surface area contributed by atoms with Gasteiger partial charge in [0.05, 0.1) is 29.1 Å². The molecule has 2 N–H and O–H groups in total.